The summed E-state index contributed by atoms with van der Waals surface area (Å²) in [5.74, 6) is 7.43. The highest BCUT2D eigenvalue weighted by atomic mass is 16.5. The molecule has 0 aromatic heterocycles. The zero-order valence-electron chi connectivity index (χ0n) is 88.3. The predicted molar refractivity (Wildman–Crippen MR) is 606 cm³/mol. The molecule has 0 saturated carbocycles. The molecule has 18 aromatic rings. The third-order valence-corrected chi connectivity index (χ3v) is 33.8. The van der Waals surface area contributed by atoms with Crippen molar-refractivity contribution in [3.8, 4) is 119 Å². The molecule has 149 heavy (non-hydrogen) atoms. The van der Waals surface area contributed by atoms with Crippen LogP contribution in [0.3, 0.4) is 0 Å². The quantitative estimate of drug-likeness (QED) is 0.0459. The molecule has 0 N–H and O–H groups in total. The monoisotopic (exact) mass is 1950 g/mol. The Bertz CT molecular complexity index is 7280. The zero-order valence-corrected chi connectivity index (χ0v) is 88.3. The summed E-state index contributed by atoms with van der Waals surface area (Å²) in [4.78, 5) is 7.23. The van der Waals surface area contributed by atoms with E-state index in [9.17, 15) is 0 Å². The number of anilines is 9. The maximum absolute atomic E-state index is 6.82. The molecule has 0 saturated heterocycles. The van der Waals surface area contributed by atoms with E-state index in [-0.39, 0.29) is 32.5 Å². The standard InChI is InChI=1S/C137H123N3O9/c1-131(2)119-68-92(38-56-107(119)113-62-50-101(141-14)74-125(113)131)138(93-39-57-108-114-63-51-102(142-15)75-126(114)132(3,4)120(108)69-93)89-32-20-83(21-33-89)80-147-98-44-26-86(27-45-98)137(13,87-28-46-99(47-29-87)148-81-84-22-34-90(35-23-84)139(94-40-58-109-115-64-52-103(143-16)76-127(115)133(5,6)121(109)70-94)95-41-59-110-116-65-53-104(144-17)77-128(116)134(7,8)122(110)71-95)88-30-48-100(49-31-88)149-82-85-24-36-91(37-25-85)140(96-42-60-111-117-66-54-105(145-18)78-129(117)135(9,10)123(111)72-96)97-43-61-112-118-67-55-106(146-19)79-130(118)136(11,12)124(112)73-97/h20-79H,80-82H2,1-19H3. The summed E-state index contributed by atoms with van der Waals surface area (Å²) < 4.78 is 55.2. The van der Waals surface area contributed by atoms with Gasteiger partial charge in [0.05, 0.1) is 42.7 Å². The van der Waals surface area contributed by atoms with Crippen molar-refractivity contribution < 1.29 is 42.6 Å². The summed E-state index contributed by atoms with van der Waals surface area (Å²) >= 11 is 0. The van der Waals surface area contributed by atoms with E-state index in [0.29, 0.717) is 19.8 Å². The Labute approximate surface area is 875 Å². The van der Waals surface area contributed by atoms with Crippen LogP contribution in [0.25, 0.3) is 66.8 Å². The summed E-state index contributed by atoms with van der Waals surface area (Å²) in [6, 6.07) is 133. The smallest absolute Gasteiger partial charge is 0.119 e. The minimum absolute atomic E-state index is 0.275. The SMILES string of the molecule is COc1ccc2c(c1)C(C)(C)c1cc(N(c3ccc(COc4ccc(C(C)(c5ccc(OCc6ccc(N(c7ccc8c(c7)C(C)(C)c7cc(OC)ccc7-8)c7ccc8c(c7)C(C)(C)c7cc(OC)ccc7-8)cc6)cc5)c5ccc(OCc6ccc(N(c7ccc8c(c7)C(C)(C)c7cc(OC)ccc7-8)c7ccc8c(c7)C(C)(C)c7cc(OC)ccc7-8)cc6)cc5)cc4)cc3)c3ccc4c(c3)C(C)(C)c3cc(OC)ccc3-4)ccc1-2. The van der Waals surface area contributed by atoms with Crippen LogP contribution in [0.4, 0.5) is 51.2 Å². The maximum Gasteiger partial charge on any atom is 0.119 e. The number of fused-ring (bicyclic) bond motifs is 18. The van der Waals surface area contributed by atoms with Gasteiger partial charge in [0.15, 0.2) is 0 Å². The van der Waals surface area contributed by atoms with Crippen LogP contribution in [0.5, 0.6) is 51.7 Å². The number of rotatable bonds is 27. The highest BCUT2D eigenvalue weighted by Crippen LogP contribution is 2.61. The van der Waals surface area contributed by atoms with Crippen LogP contribution < -0.4 is 57.3 Å². The Balaban J connectivity index is 0.523. The van der Waals surface area contributed by atoms with E-state index >= 15 is 0 Å². The van der Waals surface area contributed by atoms with Crippen molar-refractivity contribution in [1.29, 1.82) is 0 Å². The number of nitrogens with zero attached hydrogens (tertiary/aromatic N) is 3. The third-order valence-electron chi connectivity index (χ3n) is 33.8. The topological polar surface area (TPSA) is 92.8 Å². The molecule has 24 rings (SSSR count). The van der Waals surface area contributed by atoms with Gasteiger partial charge in [0, 0.05) is 89.1 Å². The number of methoxy groups -OCH3 is 6. The molecule has 12 heteroatoms. The molecule has 0 amide bonds. The van der Waals surface area contributed by atoms with Crippen molar-refractivity contribution in [2.45, 2.75) is 148 Å². The maximum atomic E-state index is 6.82. The zero-order chi connectivity index (χ0) is 103. The van der Waals surface area contributed by atoms with Crippen molar-refractivity contribution in [3.05, 3.63) is 464 Å². The van der Waals surface area contributed by atoms with Crippen LogP contribution in [-0.4, -0.2) is 42.7 Å². The molecule has 0 spiro atoms. The van der Waals surface area contributed by atoms with Gasteiger partial charge in [0.2, 0.25) is 0 Å². The Kier molecular flexibility index (Phi) is 22.7. The van der Waals surface area contributed by atoms with Gasteiger partial charge in [-0.2, -0.15) is 0 Å². The molecule has 0 fully saturated rings. The first-order valence-electron chi connectivity index (χ1n) is 51.8. The fraction of sp³-hybridized carbons (Fsp3) is 0.212. The van der Waals surface area contributed by atoms with E-state index in [0.717, 1.165) is 136 Å². The Hall–Kier alpha value is -16.4. The van der Waals surface area contributed by atoms with Crippen molar-refractivity contribution in [2.75, 3.05) is 57.4 Å². The lowest BCUT2D eigenvalue weighted by Crippen LogP contribution is -2.25. The highest BCUT2D eigenvalue weighted by Gasteiger charge is 2.45. The van der Waals surface area contributed by atoms with Gasteiger partial charge in [-0.25, -0.2) is 0 Å². The molecule has 0 heterocycles. The molecule has 18 aromatic carbocycles. The highest BCUT2D eigenvalue weighted by molar-refractivity contribution is 5.94. The molecular weight excluding hydrogens is 1830 g/mol. The molecular formula is C137H123N3O9. The number of ether oxygens (including phenoxy) is 9. The van der Waals surface area contributed by atoms with Gasteiger partial charge in [-0.15, -0.1) is 0 Å². The molecule has 0 aliphatic heterocycles. The summed E-state index contributed by atoms with van der Waals surface area (Å²) in [5.41, 5.74) is 43.7. The van der Waals surface area contributed by atoms with E-state index in [4.69, 9.17) is 42.6 Å². The first-order chi connectivity index (χ1) is 71.9. The summed E-state index contributed by atoms with van der Waals surface area (Å²) in [6.07, 6.45) is 0. The number of hydrogen-bond donors (Lipinski definition) is 0. The van der Waals surface area contributed by atoms with Gasteiger partial charge in [-0.1, -0.05) is 229 Å². The Morgan fingerprint density at radius 3 is 0.470 bits per heavy atom. The van der Waals surface area contributed by atoms with Crippen molar-refractivity contribution in [1.82, 2.24) is 0 Å². The van der Waals surface area contributed by atoms with Crippen LogP contribution in [0.15, 0.2) is 364 Å². The largest absolute Gasteiger partial charge is 0.497 e. The minimum atomic E-state index is -0.671. The first kappa shape index (κ1) is 94.8. The lowest BCUT2D eigenvalue weighted by atomic mass is 9.71. The lowest BCUT2D eigenvalue weighted by Gasteiger charge is -2.32. The molecule has 6 aliphatic rings. The van der Waals surface area contributed by atoms with E-state index in [1.807, 2.05) is 0 Å². The van der Waals surface area contributed by atoms with Gasteiger partial charge >= 0.3 is 0 Å². The number of hydrogen-bond acceptors (Lipinski definition) is 12. The fourth-order valence-electron chi connectivity index (χ4n) is 25.0. The molecule has 0 radical (unpaired) electrons. The van der Waals surface area contributed by atoms with E-state index < -0.39 is 5.41 Å². The van der Waals surface area contributed by atoms with E-state index in [1.165, 1.54) is 134 Å². The average molecular weight is 1960 g/mol. The minimum Gasteiger partial charge on any atom is -0.497 e. The van der Waals surface area contributed by atoms with Crippen LogP contribution >= 0.6 is 0 Å². The van der Waals surface area contributed by atoms with Gasteiger partial charge < -0.3 is 57.3 Å². The summed E-state index contributed by atoms with van der Waals surface area (Å²) in [6.45, 7) is 31.3. The third kappa shape index (κ3) is 15.6. The van der Waals surface area contributed by atoms with E-state index in [1.54, 1.807) is 42.7 Å². The molecule has 0 atom stereocenters. The van der Waals surface area contributed by atoms with Gasteiger partial charge in [-0.05, 0) is 392 Å². The number of benzene rings is 18. The van der Waals surface area contributed by atoms with Crippen LogP contribution in [0.1, 0.15) is 190 Å². The van der Waals surface area contributed by atoms with Gasteiger partial charge in [0.1, 0.15) is 71.6 Å². The fourth-order valence-corrected chi connectivity index (χ4v) is 25.0. The predicted octanol–water partition coefficient (Wildman–Crippen LogP) is 34.1. The summed E-state index contributed by atoms with van der Waals surface area (Å²) in [7, 11) is 10.5. The molecule has 6 aliphatic carbocycles. The Morgan fingerprint density at radius 2 is 0.309 bits per heavy atom. The molecule has 0 bridgehead atoms. The van der Waals surface area contributed by atoms with Crippen molar-refractivity contribution in [3.63, 3.8) is 0 Å². The van der Waals surface area contributed by atoms with Crippen LogP contribution in [-0.2, 0) is 57.7 Å². The first-order valence-corrected chi connectivity index (χ1v) is 51.8. The van der Waals surface area contributed by atoms with Crippen molar-refractivity contribution in [2.24, 2.45) is 0 Å². The lowest BCUT2D eigenvalue weighted by molar-refractivity contribution is 0.306. The second kappa shape index (κ2) is 35.7. The molecule has 740 valence electrons. The Morgan fingerprint density at radius 1 is 0.168 bits per heavy atom. The van der Waals surface area contributed by atoms with Crippen LogP contribution in [0.2, 0.25) is 0 Å². The van der Waals surface area contributed by atoms with E-state index in [2.05, 4.69) is 469 Å². The van der Waals surface area contributed by atoms with Gasteiger partial charge in [0.25, 0.3) is 0 Å². The second-order valence-corrected chi connectivity index (χ2v) is 44.2. The molecule has 0 unspecified atom stereocenters. The van der Waals surface area contributed by atoms with Crippen LogP contribution in [0, 0.1) is 0 Å². The summed E-state index contributed by atoms with van der Waals surface area (Å²) in [5, 5.41) is 0. The van der Waals surface area contributed by atoms with Gasteiger partial charge in [-0.3, -0.25) is 0 Å². The molecule has 12 nitrogen and oxygen atoms in total. The second-order valence-electron chi connectivity index (χ2n) is 44.2. The van der Waals surface area contributed by atoms with Crippen molar-refractivity contribution >= 4 is 51.2 Å². The normalized spacial score (nSPS) is 14.7. The average Bonchev–Trinajstić information content (AvgIpc) is 1.59.